The van der Waals surface area contributed by atoms with Crippen molar-refractivity contribution in [2.24, 2.45) is 0 Å². The van der Waals surface area contributed by atoms with Gasteiger partial charge < -0.3 is 9.80 Å². The second-order valence-electron chi connectivity index (χ2n) is 6.94. The van der Waals surface area contributed by atoms with Crippen molar-refractivity contribution in [1.82, 2.24) is 9.80 Å². The molecular weight excluding hydrogens is 336 g/mol. The molecule has 27 heavy (non-hydrogen) atoms. The van der Waals surface area contributed by atoms with E-state index in [9.17, 15) is 9.59 Å². The van der Waals surface area contributed by atoms with Crippen molar-refractivity contribution in [3.8, 4) is 0 Å². The highest BCUT2D eigenvalue weighted by molar-refractivity contribution is 5.92. The Morgan fingerprint density at radius 1 is 0.889 bits per heavy atom. The number of nitrogens with zero attached hydrogens (tertiary/aromatic N) is 2. The van der Waals surface area contributed by atoms with E-state index in [2.05, 4.69) is 31.2 Å². The molecule has 4 nitrogen and oxygen atoms in total. The van der Waals surface area contributed by atoms with Crippen molar-refractivity contribution < 1.29 is 9.59 Å². The number of amides is 2. The second kappa shape index (κ2) is 9.17. The van der Waals surface area contributed by atoms with Gasteiger partial charge in [0.2, 0.25) is 11.8 Å². The normalized spacial score (nSPS) is 14.6. The minimum atomic E-state index is 0.00519. The van der Waals surface area contributed by atoms with E-state index in [1.165, 1.54) is 11.1 Å². The van der Waals surface area contributed by atoms with E-state index in [0.29, 0.717) is 32.6 Å². The van der Waals surface area contributed by atoms with E-state index in [1.54, 1.807) is 6.08 Å². The number of carbonyl (C=O) groups is 2. The summed E-state index contributed by atoms with van der Waals surface area (Å²) in [5, 5.41) is 0. The molecule has 0 radical (unpaired) electrons. The van der Waals surface area contributed by atoms with Gasteiger partial charge in [0.1, 0.15) is 0 Å². The monoisotopic (exact) mass is 362 g/mol. The summed E-state index contributed by atoms with van der Waals surface area (Å²) in [7, 11) is 0. The number of hydrogen-bond donors (Lipinski definition) is 0. The number of benzene rings is 2. The summed E-state index contributed by atoms with van der Waals surface area (Å²) in [6.07, 6.45) is 4.73. The summed E-state index contributed by atoms with van der Waals surface area (Å²) >= 11 is 0. The SMILES string of the molecule is Cc1ccc(CCC(=O)N2CCN(C(=O)/C=C/c3ccccc3)CC2)cc1. The fraction of sp³-hybridized carbons (Fsp3) is 0.304. The van der Waals surface area contributed by atoms with Crippen molar-refractivity contribution >= 4 is 17.9 Å². The molecule has 0 atom stereocenters. The third-order valence-corrected chi connectivity index (χ3v) is 4.91. The van der Waals surface area contributed by atoms with Gasteiger partial charge in [-0.25, -0.2) is 0 Å². The summed E-state index contributed by atoms with van der Waals surface area (Å²) < 4.78 is 0. The molecule has 0 aliphatic carbocycles. The highest BCUT2D eigenvalue weighted by Gasteiger charge is 2.22. The average molecular weight is 362 g/mol. The lowest BCUT2D eigenvalue weighted by Crippen LogP contribution is -2.50. The first-order valence-corrected chi connectivity index (χ1v) is 9.47. The zero-order valence-corrected chi connectivity index (χ0v) is 15.8. The van der Waals surface area contributed by atoms with Gasteiger partial charge in [-0.05, 0) is 30.5 Å². The Bertz CT molecular complexity index is 789. The van der Waals surface area contributed by atoms with E-state index in [-0.39, 0.29) is 11.8 Å². The standard InChI is InChI=1S/C23H26N2O2/c1-19-7-9-21(10-8-19)12-14-23(27)25-17-15-24(16-18-25)22(26)13-11-20-5-3-2-4-6-20/h2-11,13H,12,14-18H2,1H3/b13-11+. The van der Waals surface area contributed by atoms with Gasteiger partial charge in [0.15, 0.2) is 0 Å². The van der Waals surface area contributed by atoms with Crippen LogP contribution < -0.4 is 0 Å². The lowest BCUT2D eigenvalue weighted by atomic mass is 10.1. The minimum absolute atomic E-state index is 0.00519. The van der Waals surface area contributed by atoms with Crippen LogP contribution in [-0.4, -0.2) is 47.8 Å². The van der Waals surface area contributed by atoms with E-state index in [0.717, 1.165) is 12.0 Å². The van der Waals surface area contributed by atoms with E-state index < -0.39 is 0 Å². The predicted molar refractivity (Wildman–Crippen MR) is 108 cm³/mol. The maximum atomic E-state index is 12.4. The lowest BCUT2D eigenvalue weighted by Gasteiger charge is -2.34. The largest absolute Gasteiger partial charge is 0.339 e. The third-order valence-electron chi connectivity index (χ3n) is 4.91. The van der Waals surface area contributed by atoms with Crippen LogP contribution in [0.5, 0.6) is 0 Å². The first-order valence-electron chi connectivity index (χ1n) is 9.47. The molecule has 0 spiro atoms. The molecule has 1 saturated heterocycles. The number of hydrogen-bond acceptors (Lipinski definition) is 2. The van der Waals surface area contributed by atoms with Crippen molar-refractivity contribution in [2.45, 2.75) is 19.8 Å². The second-order valence-corrected chi connectivity index (χ2v) is 6.94. The van der Waals surface area contributed by atoms with Crippen LogP contribution >= 0.6 is 0 Å². The molecule has 2 amide bonds. The van der Waals surface area contributed by atoms with Crippen molar-refractivity contribution in [3.05, 3.63) is 77.4 Å². The van der Waals surface area contributed by atoms with Crippen molar-refractivity contribution in [1.29, 1.82) is 0 Å². The Kier molecular flexibility index (Phi) is 6.42. The van der Waals surface area contributed by atoms with E-state index >= 15 is 0 Å². The highest BCUT2D eigenvalue weighted by Crippen LogP contribution is 2.10. The van der Waals surface area contributed by atoms with Crippen LogP contribution in [0.15, 0.2) is 60.7 Å². The molecule has 1 fully saturated rings. The van der Waals surface area contributed by atoms with Crippen LogP contribution in [0.3, 0.4) is 0 Å². The molecule has 0 unspecified atom stereocenters. The van der Waals surface area contributed by atoms with E-state index in [4.69, 9.17) is 0 Å². The van der Waals surface area contributed by atoms with Crippen molar-refractivity contribution in [2.75, 3.05) is 26.2 Å². The van der Waals surface area contributed by atoms with Crippen LogP contribution in [-0.2, 0) is 16.0 Å². The molecular formula is C23H26N2O2. The molecule has 0 N–H and O–H groups in total. The van der Waals surface area contributed by atoms with Crippen LogP contribution in [0.1, 0.15) is 23.1 Å². The minimum Gasteiger partial charge on any atom is -0.339 e. The fourth-order valence-corrected chi connectivity index (χ4v) is 3.18. The van der Waals surface area contributed by atoms with Gasteiger partial charge in [-0.3, -0.25) is 9.59 Å². The Labute approximate surface area is 161 Å². The Morgan fingerprint density at radius 2 is 1.52 bits per heavy atom. The molecule has 2 aromatic rings. The molecule has 4 heteroatoms. The van der Waals surface area contributed by atoms with Crippen LogP contribution in [0.2, 0.25) is 0 Å². The summed E-state index contributed by atoms with van der Waals surface area (Å²) in [4.78, 5) is 28.4. The van der Waals surface area contributed by atoms with Gasteiger partial charge in [0, 0.05) is 38.7 Å². The molecule has 0 aromatic heterocycles. The molecule has 1 aliphatic rings. The predicted octanol–water partition coefficient (Wildman–Crippen LogP) is 3.31. The Morgan fingerprint density at radius 3 is 2.19 bits per heavy atom. The van der Waals surface area contributed by atoms with E-state index in [1.807, 2.05) is 46.2 Å². The van der Waals surface area contributed by atoms with Gasteiger partial charge in [-0.15, -0.1) is 0 Å². The summed E-state index contributed by atoms with van der Waals surface area (Å²) in [6.45, 7) is 4.46. The summed E-state index contributed by atoms with van der Waals surface area (Å²) in [5.74, 6) is 0.174. The maximum absolute atomic E-state index is 12.4. The van der Waals surface area contributed by atoms with Crippen LogP contribution in [0, 0.1) is 6.92 Å². The van der Waals surface area contributed by atoms with Crippen molar-refractivity contribution in [3.63, 3.8) is 0 Å². The summed E-state index contributed by atoms with van der Waals surface area (Å²) in [5.41, 5.74) is 3.43. The average Bonchev–Trinajstić information content (AvgIpc) is 2.72. The van der Waals surface area contributed by atoms with Gasteiger partial charge in [-0.1, -0.05) is 60.2 Å². The molecule has 140 valence electrons. The Hall–Kier alpha value is -2.88. The quantitative estimate of drug-likeness (QED) is 0.766. The number of rotatable bonds is 5. The number of piperazine rings is 1. The van der Waals surface area contributed by atoms with Gasteiger partial charge in [0.05, 0.1) is 0 Å². The summed E-state index contributed by atoms with van der Waals surface area (Å²) in [6, 6.07) is 18.1. The first kappa shape index (κ1) is 18.9. The smallest absolute Gasteiger partial charge is 0.246 e. The Balaban J connectivity index is 1.43. The molecule has 2 aromatic carbocycles. The maximum Gasteiger partial charge on any atom is 0.246 e. The lowest BCUT2D eigenvalue weighted by molar-refractivity contribution is -0.137. The molecule has 3 rings (SSSR count). The fourth-order valence-electron chi connectivity index (χ4n) is 3.18. The van der Waals surface area contributed by atoms with Crippen LogP contribution in [0.25, 0.3) is 6.08 Å². The molecule has 0 bridgehead atoms. The number of carbonyl (C=O) groups excluding carboxylic acids is 2. The molecule has 1 aliphatic heterocycles. The number of aryl methyl sites for hydroxylation is 2. The molecule has 0 saturated carbocycles. The van der Waals surface area contributed by atoms with Gasteiger partial charge in [-0.2, -0.15) is 0 Å². The topological polar surface area (TPSA) is 40.6 Å². The highest BCUT2D eigenvalue weighted by atomic mass is 16.2. The first-order chi connectivity index (χ1) is 13.1. The van der Waals surface area contributed by atoms with Gasteiger partial charge in [0.25, 0.3) is 0 Å². The zero-order valence-electron chi connectivity index (χ0n) is 15.8. The third kappa shape index (κ3) is 5.55. The zero-order chi connectivity index (χ0) is 19.1. The van der Waals surface area contributed by atoms with Gasteiger partial charge >= 0.3 is 0 Å². The van der Waals surface area contributed by atoms with Crippen LogP contribution in [0.4, 0.5) is 0 Å². The molecule has 1 heterocycles.